The summed E-state index contributed by atoms with van der Waals surface area (Å²) in [6, 6.07) is 7.98. The average molecular weight is 180 g/mol. The van der Waals surface area contributed by atoms with Crippen LogP contribution >= 0.6 is 0 Å². The highest BCUT2D eigenvalue weighted by molar-refractivity contribution is 5.31. The van der Waals surface area contributed by atoms with Gasteiger partial charge >= 0.3 is 0 Å². The third-order valence-corrected chi connectivity index (χ3v) is 1.97. The van der Waals surface area contributed by atoms with E-state index in [0.717, 1.165) is 11.3 Å². The lowest BCUT2D eigenvalue weighted by Gasteiger charge is -2.12. The van der Waals surface area contributed by atoms with E-state index in [4.69, 9.17) is 9.47 Å². The molecule has 1 aromatic carbocycles. The van der Waals surface area contributed by atoms with Gasteiger partial charge in [0.05, 0.1) is 6.10 Å². The third-order valence-electron chi connectivity index (χ3n) is 1.97. The van der Waals surface area contributed by atoms with Crippen LogP contribution in [0.15, 0.2) is 24.3 Å². The van der Waals surface area contributed by atoms with Gasteiger partial charge in [-0.3, -0.25) is 0 Å². The number of rotatable bonds is 4. The molecular weight excluding hydrogens is 164 g/mol. The molecule has 0 aliphatic heterocycles. The van der Waals surface area contributed by atoms with Crippen molar-refractivity contribution < 1.29 is 9.47 Å². The van der Waals surface area contributed by atoms with Crippen LogP contribution in [0.25, 0.3) is 0 Å². The maximum absolute atomic E-state index is 5.56. The van der Waals surface area contributed by atoms with Crippen molar-refractivity contribution in [3.63, 3.8) is 0 Å². The smallest absolute Gasteiger partial charge is 0.122 e. The van der Waals surface area contributed by atoms with E-state index in [-0.39, 0.29) is 6.10 Å². The Balaban J connectivity index is 2.50. The quantitative estimate of drug-likeness (QED) is 0.708. The van der Waals surface area contributed by atoms with Gasteiger partial charge in [-0.1, -0.05) is 18.2 Å². The van der Waals surface area contributed by atoms with Crippen molar-refractivity contribution in [2.75, 3.05) is 13.7 Å². The van der Waals surface area contributed by atoms with Gasteiger partial charge in [0.15, 0.2) is 0 Å². The van der Waals surface area contributed by atoms with Crippen LogP contribution in [0.1, 0.15) is 12.5 Å². The van der Waals surface area contributed by atoms with Crippen LogP contribution < -0.4 is 4.74 Å². The van der Waals surface area contributed by atoms with Crippen molar-refractivity contribution in [1.82, 2.24) is 0 Å². The van der Waals surface area contributed by atoms with E-state index in [2.05, 4.69) is 0 Å². The molecule has 0 amide bonds. The number of hydrogen-bond acceptors (Lipinski definition) is 2. The first-order valence-electron chi connectivity index (χ1n) is 4.45. The van der Waals surface area contributed by atoms with Gasteiger partial charge in [0, 0.05) is 7.11 Å². The third kappa shape index (κ3) is 3.07. The summed E-state index contributed by atoms with van der Waals surface area (Å²) in [7, 11) is 1.69. The average Bonchev–Trinajstić information content (AvgIpc) is 2.16. The minimum Gasteiger partial charge on any atom is -0.491 e. The van der Waals surface area contributed by atoms with Crippen molar-refractivity contribution in [2.45, 2.75) is 20.0 Å². The molecule has 2 heteroatoms. The standard InChI is InChI=1S/C11H16O2/c1-9-6-4-5-7-11(9)13-8-10(2)12-3/h4-7,10H,8H2,1-3H3. The molecule has 0 N–H and O–H groups in total. The Hall–Kier alpha value is -1.02. The molecule has 1 rings (SSSR count). The highest BCUT2D eigenvalue weighted by atomic mass is 16.5. The fourth-order valence-corrected chi connectivity index (χ4v) is 0.994. The minimum absolute atomic E-state index is 0.139. The van der Waals surface area contributed by atoms with E-state index >= 15 is 0 Å². The normalized spacial score (nSPS) is 12.5. The number of aryl methyl sites for hydroxylation is 1. The summed E-state index contributed by atoms with van der Waals surface area (Å²) in [5, 5.41) is 0. The number of benzene rings is 1. The number of ether oxygens (including phenoxy) is 2. The Morgan fingerprint density at radius 1 is 1.31 bits per heavy atom. The van der Waals surface area contributed by atoms with Crippen LogP contribution in [0, 0.1) is 6.92 Å². The van der Waals surface area contributed by atoms with Crippen LogP contribution in [-0.4, -0.2) is 19.8 Å². The lowest BCUT2D eigenvalue weighted by atomic mass is 10.2. The van der Waals surface area contributed by atoms with Crippen LogP contribution in [-0.2, 0) is 4.74 Å². The molecular formula is C11H16O2. The summed E-state index contributed by atoms with van der Waals surface area (Å²) in [4.78, 5) is 0. The molecule has 0 aromatic heterocycles. The van der Waals surface area contributed by atoms with Crippen LogP contribution in [0.3, 0.4) is 0 Å². The molecule has 72 valence electrons. The highest BCUT2D eigenvalue weighted by Gasteiger charge is 2.01. The molecule has 0 saturated carbocycles. The van der Waals surface area contributed by atoms with Gasteiger partial charge in [-0.15, -0.1) is 0 Å². The van der Waals surface area contributed by atoms with Gasteiger partial charge in [0.2, 0.25) is 0 Å². The van der Waals surface area contributed by atoms with E-state index in [9.17, 15) is 0 Å². The molecule has 0 saturated heterocycles. The summed E-state index contributed by atoms with van der Waals surface area (Å²) in [6.45, 7) is 4.62. The lowest BCUT2D eigenvalue weighted by molar-refractivity contribution is 0.0714. The van der Waals surface area contributed by atoms with Crippen molar-refractivity contribution in [2.24, 2.45) is 0 Å². The van der Waals surface area contributed by atoms with Gasteiger partial charge in [0.25, 0.3) is 0 Å². The zero-order valence-corrected chi connectivity index (χ0v) is 8.41. The molecule has 1 aromatic rings. The second kappa shape index (κ2) is 4.87. The number of para-hydroxylation sites is 1. The van der Waals surface area contributed by atoms with Gasteiger partial charge in [-0.05, 0) is 25.5 Å². The second-order valence-electron chi connectivity index (χ2n) is 3.12. The predicted molar refractivity (Wildman–Crippen MR) is 53.1 cm³/mol. The SMILES string of the molecule is COC(C)COc1ccccc1C. The van der Waals surface area contributed by atoms with Crippen molar-refractivity contribution in [3.8, 4) is 5.75 Å². The molecule has 0 aliphatic rings. The first kappa shape index (κ1) is 10.1. The lowest BCUT2D eigenvalue weighted by Crippen LogP contribution is -2.16. The summed E-state index contributed by atoms with van der Waals surface area (Å²) < 4.78 is 10.7. The van der Waals surface area contributed by atoms with E-state index in [1.165, 1.54) is 0 Å². The number of methoxy groups -OCH3 is 1. The van der Waals surface area contributed by atoms with Gasteiger partial charge in [-0.2, -0.15) is 0 Å². The molecule has 1 unspecified atom stereocenters. The van der Waals surface area contributed by atoms with Crippen LogP contribution in [0.4, 0.5) is 0 Å². The van der Waals surface area contributed by atoms with Crippen LogP contribution in [0.2, 0.25) is 0 Å². The minimum atomic E-state index is 0.139. The highest BCUT2D eigenvalue weighted by Crippen LogP contribution is 2.16. The Bertz CT molecular complexity index is 258. The van der Waals surface area contributed by atoms with E-state index in [1.54, 1.807) is 7.11 Å². The zero-order chi connectivity index (χ0) is 9.68. The van der Waals surface area contributed by atoms with E-state index < -0.39 is 0 Å². The summed E-state index contributed by atoms with van der Waals surface area (Å²) in [6.07, 6.45) is 0.139. The predicted octanol–water partition coefficient (Wildman–Crippen LogP) is 2.41. The zero-order valence-electron chi connectivity index (χ0n) is 8.41. The van der Waals surface area contributed by atoms with Gasteiger partial charge in [0.1, 0.15) is 12.4 Å². The van der Waals surface area contributed by atoms with Crippen molar-refractivity contribution >= 4 is 0 Å². The van der Waals surface area contributed by atoms with Crippen molar-refractivity contribution in [3.05, 3.63) is 29.8 Å². The Labute approximate surface area is 79.5 Å². The number of hydrogen-bond donors (Lipinski definition) is 0. The van der Waals surface area contributed by atoms with Crippen LogP contribution in [0.5, 0.6) is 5.75 Å². The molecule has 0 spiro atoms. The summed E-state index contributed by atoms with van der Waals surface area (Å²) in [5.74, 6) is 0.936. The Kier molecular flexibility index (Phi) is 3.77. The first-order valence-corrected chi connectivity index (χ1v) is 4.45. The molecule has 0 fully saturated rings. The molecule has 2 nitrogen and oxygen atoms in total. The summed E-state index contributed by atoms with van der Waals surface area (Å²) in [5.41, 5.74) is 1.16. The summed E-state index contributed by atoms with van der Waals surface area (Å²) >= 11 is 0. The monoisotopic (exact) mass is 180 g/mol. The first-order chi connectivity index (χ1) is 6.24. The second-order valence-corrected chi connectivity index (χ2v) is 3.12. The molecule has 1 atom stereocenters. The maximum atomic E-state index is 5.56. The van der Waals surface area contributed by atoms with E-state index in [1.807, 2.05) is 38.1 Å². The van der Waals surface area contributed by atoms with Gasteiger partial charge in [-0.25, -0.2) is 0 Å². The van der Waals surface area contributed by atoms with Gasteiger partial charge < -0.3 is 9.47 Å². The van der Waals surface area contributed by atoms with E-state index in [0.29, 0.717) is 6.61 Å². The topological polar surface area (TPSA) is 18.5 Å². The molecule has 0 bridgehead atoms. The Morgan fingerprint density at radius 2 is 2.00 bits per heavy atom. The molecule has 13 heavy (non-hydrogen) atoms. The molecule has 0 radical (unpaired) electrons. The molecule has 0 aliphatic carbocycles. The fraction of sp³-hybridized carbons (Fsp3) is 0.455. The largest absolute Gasteiger partial charge is 0.491 e. The maximum Gasteiger partial charge on any atom is 0.122 e. The molecule has 0 heterocycles. The fourth-order valence-electron chi connectivity index (χ4n) is 0.994. The van der Waals surface area contributed by atoms with Crippen molar-refractivity contribution in [1.29, 1.82) is 0 Å². The Morgan fingerprint density at radius 3 is 2.62 bits per heavy atom.